The van der Waals surface area contributed by atoms with Crippen molar-refractivity contribution < 1.29 is 19.4 Å². The third-order valence-electron chi connectivity index (χ3n) is 4.49. The lowest BCUT2D eigenvalue weighted by Gasteiger charge is -2.24. The Morgan fingerprint density at radius 2 is 2.23 bits per heavy atom. The minimum atomic E-state index is -0.605. The van der Waals surface area contributed by atoms with Crippen LogP contribution in [-0.4, -0.2) is 48.5 Å². The first-order valence-electron chi connectivity index (χ1n) is 7.21. The quantitative estimate of drug-likeness (QED) is 0.831. The summed E-state index contributed by atoms with van der Waals surface area (Å²) in [5, 5.41) is 20.2. The summed E-state index contributed by atoms with van der Waals surface area (Å²) in [6.07, 6.45) is 0.816. The third kappa shape index (κ3) is 2.24. The molecule has 1 aromatic carbocycles. The molecule has 1 aromatic heterocycles. The second-order valence-electron chi connectivity index (χ2n) is 5.63. The Kier molecular flexibility index (Phi) is 3.80. The molecule has 1 aliphatic heterocycles. The summed E-state index contributed by atoms with van der Waals surface area (Å²) >= 11 is 0. The zero-order valence-electron chi connectivity index (χ0n) is 12.6. The number of aromatic hydroxyl groups is 1. The van der Waals surface area contributed by atoms with E-state index in [0.29, 0.717) is 16.7 Å². The third-order valence-corrected chi connectivity index (χ3v) is 4.49. The van der Waals surface area contributed by atoms with Crippen LogP contribution in [0.2, 0.25) is 0 Å². The van der Waals surface area contributed by atoms with E-state index in [1.165, 1.54) is 0 Å². The molecule has 0 radical (unpaired) electrons. The van der Waals surface area contributed by atoms with E-state index in [1.54, 1.807) is 19.2 Å². The number of rotatable bonds is 3. The number of hydrogen-bond acceptors (Lipinski definition) is 6. The number of benzene rings is 1. The summed E-state index contributed by atoms with van der Waals surface area (Å²) in [6.45, 7) is 0.836. The standard InChI is InChI=1S/C16H19NO5/c1-17-6-5-9(11(17)8-18)15-13(21-2)4-3-10-12(19)7-14(20)22-16(10)15/h3-4,7,9,11,18-19H,5-6,8H2,1-2H3. The number of likely N-dealkylation sites (tertiary alicyclic amines) is 1. The molecule has 1 fully saturated rings. The second-order valence-corrected chi connectivity index (χ2v) is 5.63. The first-order chi connectivity index (χ1) is 10.6. The lowest BCUT2D eigenvalue weighted by Crippen LogP contribution is -2.32. The van der Waals surface area contributed by atoms with Crippen molar-refractivity contribution in [3.8, 4) is 11.5 Å². The van der Waals surface area contributed by atoms with Crippen LogP contribution in [0, 0.1) is 0 Å². The van der Waals surface area contributed by atoms with Crippen molar-refractivity contribution in [3.05, 3.63) is 34.2 Å². The number of likely N-dealkylation sites (N-methyl/N-ethyl adjacent to an activating group) is 1. The zero-order valence-corrected chi connectivity index (χ0v) is 12.6. The maximum Gasteiger partial charge on any atom is 0.339 e. The number of hydrogen-bond donors (Lipinski definition) is 2. The van der Waals surface area contributed by atoms with Gasteiger partial charge in [0.15, 0.2) is 0 Å². The zero-order chi connectivity index (χ0) is 15.9. The molecule has 6 heteroatoms. The van der Waals surface area contributed by atoms with Crippen molar-refractivity contribution in [2.75, 3.05) is 27.3 Å². The molecule has 0 aliphatic carbocycles. The van der Waals surface area contributed by atoms with Crippen molar-refractivity contribution in [3.63, 3.8) is 0 Å². The molecule has 2 atom stereocenters. The smallest absolute Gasteiger partial charge is 0.339 e. The average Bonchev–Trinajstić information content (AvgIpc) is 2.86. The van der Waals surface area contributed by atoms with Gasteiger partial charge in [0.2, 0.25) is 0 Å². The summed E-state index contributed by atoms with van der Waals surface area (Å²) in [4.78, 5) is 13.7. The van der Waals surface area contributed by atoms with Crippen molar-refractivity contribution in [1.82, 2.24) is 4.90 Å². The van der Waals surface area contributed by atoms with Gasteiger partial charge >= 0.3 is 5.63 Å². The number of methoxy groups -OCH3 is 1. The van der Waals surface area contributed by atoms with Gasteiger partial charge in [-0.2, -0.15) is 0 Å². The molecule has 118 valence electrons. The van der Waals surface area contributed by atoms with E-state index < -0.39 is 5.63 Å². The molecular formula is C16H19NO5. The molecule has 2 aromatic rings. The summed E-state index contributed by atoms with van der Waals surface area (Å²) in [7, 11) is 3.50. The topological polar surface area (TPSA) is 83.1 Å². The van der Waals surface area contributed by atoms with Crippen molar-refractivity contribution in [2.45, 2.75) is 18.4 Å². The molecule has 2 N–H and O–H groups in total. The highest BCUT2D eigenvalue weighted by atomic mass is 16.5. The SMILES string of the molecule is COc1ccc2c(O)cc(=O)oc2c1C1CCN(C)C1CO. The van der Waals surface area contributed by atoms with Crippen LogP contribution in [0.15, 0.2) is 27.4 Å². The average molecular weight is 305 g/mol. The fraction of sp³-hybridized carbons (Fsp3) is 0.438. The van der Waals surface area contributed by atoms with Gasteiger partial charge in [-0.1, -0.05) is 0 Å². The predicted molar refractivity (Wildman–Crippen MR) is 81.6 cm³/mol. The van der Waals surface area contributed by atoms with Gasteiger partial charge in [-0.05, 0) is 32.1 Å². The largest absolute Gasteiger partial charge is 0.507 e. The number of nitrogens with zero attached hydrogens (tertiary/aromatic N) is 1. The van der Waals surface area contributed by atoms with Gasteiger partial charge in [0.1, 0.15) is 17.1 Å². The molecule has 0 spiro atoms. The van der Waals surface area contributed by atoms with Crippen LogP contribution in [0.25, 0.3) is 11.0 Å². The predicted octanol–water partition coefficient (Wildman–Crippen LogP) is 1.29. The Morgan fingerprint density at radius 3 is 2.91 bits per heavy atom. The van der Waals surface area contributed by atoms with Gasteiger partial charge in [-0.25, -0.2) is 4.79 Å². The van der Waals surface area contributed by atoms with E-state index in [1.807, 2.05) is 7.05 Å². The molecule has 3 rings (SSSR count). The second kappa shape index (κ2) is 5.62. The Balaban J connectivity index is 2.28. The van der Waals surface area contributed by atoms with Crippen molar-refractivity contribution in [1.29, 1.82) is 0 Å². The van der Waals surface area contributed by atoms with Crippen LogP contribution in [0.1, 0.15) is 17.9 Å². The fourth-order valence-electron chi connectivity index (χ4n) is 3.35. The van der Waals surface area contributed by atoms with Crippen LogP contribution in [0.4, 0.5) is 0 Å². The Morgan fingerprint density at radius 1 is 1.45 bits per heavy atom. The van der Waals surface area contributed by atoms with Crippen molar-refractivity contribution in [2.24, 2.45) is 0 Å². The molecular weight excluding hydrogens is 286 g/mol. The van der Waals surface area contributed by atoms with Gasteiger partial charge < -0.3 is 24.3 Å². The highest BCUT2D eigenvalue weighted by molar-refractivity contribution is 5.87. The molecule has 0 bridgehead atoms. The minimum absolute atomic E-state index is 0.00373. The number of aliphatic hydroxyl groups excluding tert-OH is 1. The molecule has 0 saturated carbocycles. The first kappa shape index (κ1) is 14.9. The van der Waals surface area contributed by atoms with E-state index in [2.05, 4.69) is 4.90 Å². The van der Waals surface area contributed by atoms with Crippen LogP contribution in [0.3, 0.4) is 0 Å². The van der Waals surface area contributed by atoms with Crippen LogP contribution in [0.5, 0.6) is 11.5 Å². The van der Waals surface area contributed by atoms with Crippen LogP contribution < -0.4 is 10.4 Å². The maximum atomic E-state index is 11.7. The van der Waals surface area contributed by atoms with E-state index >= 15 is 0 Å². The minimum Gasteiger partial charge on any atom is -0.507 e. The van der Waals surface area contributed by atoms with Gasteiger partial charge in [0, 0.05) is 17.5 Å². The first-order valence-corrected chi connectivity index (χ1v) is 7.21. The van der Waals surface area contributed by atoms with Gasteiger partial charge in [-0.3, -0.25) is 0 Å². The molecule has 2 heterocycles. The van der Waals surface area contributed by atoms with Crippen LogP contribution in [-0.2, 0) is 0 Å². The Bertz CT molecular complexity index is 754. The van der Waals surface area contributed by atoms with E-state index in [0.717, 1.165) is 24.6 Å². The summed E-state index contributed by atoms with van der Waals surface area (Å²) < 4.78 is 10.8. The van der Waals surface area contributed by atoms with Gasteiger partial charge in [0.05, 0.1) is 25.2 Å². The molecule has 1 aliphatic rings. The fourth-order valence-corrected chi connectivity index (χ4v) is 3.35. The normalized spacial score (nSPS) is 22.3. The van der Waals surface area contributed by atoms with E-state index in [4.69, 9.17) is 9.15 Å². The van der Waals surface area contributed by atoms with Gasteiger partial charge in [0.25, 0.3) is 0 Å². The number of ether oxygens (including phenoxy) is 1. The van der Waals surface area contributed by atoms with E-state index in [9.17, 15) is 15.0 Å². The lowest BCUT2D eigenvalue weighted by atomic mass is 9.89. The Hall–Kier alpha value is -2.05. The summed E-state index contributed by atoms with van der Waals surface area (Å²) in [6, 6.07) is 4.41. The molecule has 1 saturated heterocycles. The summed E-state index contributed by atoms with van der Waals surface area (Å²) in [5.41, 5.74) is 0.464. The van der Waals surface area contributed by atoms with E-state index in [-0.39, 0.29) is 24.3 Å². The molecule has 2 unspecified atom stereocenters. The molecule has 0 amide bonds. The highest BCUT2D eigenvalue weighted by Gasteiger charge is 2.36. The van der Waals surface area contributed by atoms with Crippen molar-refractivity contribution >= 4 is 11.0 Å². The van der Waals surface area contributed by atoms with Gasteiger partial charge in [-0.15, -0.1) is 0 Å². The molecule has 6 nitrogen and oxygen atoms in total. The number of aliphatic hydroxyl groups is 1. The highest BCUT2D eigenvalue weighted by Crippen LogP contribution is 2.42. The molecule has 22 heavy (non-hydrogen) atoms. The number of fused-ring (bicyclic) bond motifs is 1. The Labute approximate surface area is 127 Å². The summed E-state index contributed by atoms with van der Waals surface area (Å²) in [5.74, 6) is 0.459. The lowest BCUT2D eigenvalue weighted by molar-refractivity contribution is 0.171. The van der Waals surface area contributed by atoms with Crippen LogP contribution >= 0.6 is 0 Å². The maximum absolute atomic E-state index is 11.7. The monoisotopic (exact) mass is 305 g/mol.